The lowest BCUT2D eigenvalue weighted by atomic mass is 10.2. The Balaban J connectivity index is 1.48. The third-order valence-electron chi connectivity index (χ3n) is 5.33. The maximum atomic E-state index is 12.6. The standard InChI is InChI=1S/C23H30ClN5O2/c1-3-4-12-29-23(24)20(18(2)26-29)10-11-22(31)28-15-13-27(14-16-28)17-21(30)25-19-8-6-5-7-9-19/h5-11H,3-4,12-17H2,1-2H3,(H,25,30)/b11-10+. The van der Waals surface area contributed by atoms with Crippen molar-refractivity contribution in [2.45, 2.75) is 33.2 Å². The van der Waals surface area contributed by atoms with Gasteiger partial charge in [-0.2, -0.15) is 5.10 Å². The van der Waals surface area contributed by atoms with E-state index in [0.29, 0.717) is 37.9 Å². The molecule has 1 aliphatic rings. The monoisotopic (exact) mass is 443 g/mol. The van der Waals surface area contributed by atoms with Gasteiger partial charge < -0.3 is 10.2 Å². The summed E-state index contributed by atoms with van der Waals surface area (Å²) in [6.45, 7) is 7.62. The largest absolute Gasteiger partial charge is 0.337 e. The van der Waals surface area contributed by atoms with Crippen molar-refractivity contribution >= 4 is 35.2 Å². The molecular weight excluding hydrogens is 414 g/mol. The zero-order chi connectivity index (χ0) is 22.2. The number of para-hydroxylation sites is 1. The van der Waals surface area contributed by atoms with Crippen LogP contribution in [0.25, 0.3) is 6.08 Å². The fourth-order valence-corrected chi connectivity index (χ4v) is 3.85. The van der Waals surface area contributed by atoms with Crippen molar-refractivity contribution in [1.82, 2.24) is 19.6 Å². The predicted molar refractivity (Wildman–Crippen MR) is 124 cm³/mol. The first-order valence-electron chi connectivity index (χ1n) is 10.7. The van der Waals surface area contributed by atoms with E-state index < -0.39 is 0 Å². The zero-order valence-corrected chi connectivity index (χ0v) is 18.9. The number of aromatic nitrogens is 2. The number of aryl methyl sites for hydroxylation is 2. The van der Waals surface area contributed by atoms with Crippen LogP contribution in [0.4, 0.5) is 5.69 Å². The van der Waals surface area contributed by atoms with Crippen LogP contribution in [0.5, 0.6) is 0 Å². The van der Waals surface area contributed by atoms with Gasteiger partial charge in [0.05, 0.1) is 12.2 Å². The fraction of sp³-hybridized carbons (Fsp3) is 0.435. The number of unbranched alkanes of at least 4 members (excludes halogenated alkanes) is 1. The number of benzene rings is 1. The molecule has 0 radical (unpaired) electrons. The van der Waals surface area contributed by atoms with Crippen LogP contribution in [0, 0.1) is 6.92 Å². The molecule has 0 saturated carbocycles. The molecule has 1 aliphatic heterocycles. The van der Waals surface area contributed by atoms with Gasteiger partial charge in [-0.15, -0.1) is 0 Å². The maximum absolute atomic E-state index is 12.6. The number of halogens is 1. The summed E-state index contributed by atoms with van der Waals surface area (Å²) in [5.74, 6) is -0.0961. The van der Waals surface area contributed by atoms with Gasteiger partial charge in [-0.3, -0.25) is 19.2 Å². The third-order valence-corrected chi connectivity index (χ3v) is 5.73. The summed E-state index contributed by atoms with van der Waals surface area (Å²) in [5.41, 5.74) is 2.40. The molecule has 8 heteroatoms. The average molecular weight is 444 g/mol. The van der Waals surface area contributed by atoms with Gasteiger partial charge in [0.25, 0.3) is 0 Å². The molecule has 0 bridgehead atoms. The van der Waals surface area contributed by atoms with E-state index in [0.717, 1.165) is 36.3 Å². The van der Waals surface area contributed by atoms with Gasteiger partial charge in [0.1, 0.15) is 5.15 Å². The molecule has 2 heterocycles. The minimum absolute atomic E-state index is 0.0453. The van der Waals surface area contributed by atoms with Gasteiger partial charge in [0.15, 0.2) is 0 Å². The number of carbonyl (C=O) groups excluding carboxylic acids is 2. The maximum Gasteiger partial charge on any atom is 0.246 e. The van der Waals surface area contributed by atoms with Gasteiger partial charge in [-0.1, -0.05) is 43.1 Å². The average Bonchev–Trinajstić information content (AvgIpc) is 3.04. The number of amides is 2. The number of hydrogen-bond donors (Lipinski definition) is 1. The SMILES string of the molecule is CCCCn1nc(C)c(/C=C/C(=O)N2CCN(CC(=O)Nc3ccccc3)CC2)c1Cl. The molecule has 1 N–H and O–H groups in total. The second kappa shape index (κ2) is 11.1. The first kappa shape index (κ1) is 23.0. The Hall–Kier alpha value is -2.64. The number of nitrogens with one attached hydrogen (secondary N) is 1. The lowest BCUT2D eigenvalue weighted by Gasteiger charge is -2.33. The van der Waals surface area contributed by atoms with Crippen LogP contribution in [-0.4, -0.2) is 64.1 Å². The predicted octanol–water partition coefficient (Wildman–Crippen LogP) is 3.44. The molecule has 1 fully saturated rings. The lowest BCUT2D eigenvalue weighted by Crippen LogP contribution is -2.50. The van der Waals surface area contributed by atoms with Crippen LogP contribution in [0.1, 0.15) is 31.0 Å². The molecule has 0 aliphatic carbocycles. The van der Waals surface area contributed by atoms with Gasteiger partial charge >= 0.3 is 0 Å². The molecular formula is C23H30ClN5O2. The van der Waals surface area contributed by atoms with Crippen molar-refractivity contribution in [2.75, 3.05) is 38.0 Å². The lowest BCUT2D eigenvalue weighted by molar-refractivity contribution is -0.127. The number of anilines is 1. The summed E-state index contributed by atoms with van der Waals surface area (Å²) in [4.78, 5) is 28.7. The fourth-order valence-electron chi connectivity index (χ4n) is 3.52. The molecule has 2 amide bonds. The second-order valence-corrected chi connectivity index (χ2v) is 8.07. The number of nitrogens with zero attached hydrogens (tertiary/aromatic N) is 4. The molecule has 1 aromatic carbocycles. The smallest absolute Gasteiger partial charge is 0.246 e. The van der Waals surface area contributed by atoms with Crippen LogP contribution >= 0.6 is 11.6 Å². The normalized spacial score (nSPS) is 14.9. The first-order valence-corrected chi connectivity index (χ1v) is 11.1. The summed E-state index contributed by atoms with van der Waals surface area (Å²) < 4.78 is 1.80. The van der Waals surface area contributed by atoms with Crippen LogP contribution in [0.2, 0.25) is 5.15 Å². The zero-order valence-electron chi connectivity index (χ0n) is 18.2. The van der Waals surface area contributed by atoms with Crippen molar-refractivity contribution in [3.05, 3.63) is 52.8 Å². The highest BCUT2D eigenvalue weighted by atomic mass is 35.5. The molecule has 1 aromatic heterocycles. The summed E-state index contributed by atoms with van der Waals surface area (Å²) in [5, 5.41) is 7.94. The van der Waals surface area contributed by atoms with E-state index in [4.69, 9.17) is 11.6 Å². The minimum Gasteiger partial charge on any atom is -0.337 e. The van der Waals surface area contributed by atoms with Crippen molar-refractivity contribution in [1.29, 1.82) is 0 Å². The van der Waals surface area contributed by atoms with Crippen LogP contribution in [0.3, 0.4) is 0 Å². The summed E-state index contributed by atoms with van der Waals surface area (Å²) >= 11 is 6.44. The third kappa shape index (κ3) is 6.42. The Morgan fingerprint density at radius 1 is 1.16 bits per heavy atom. The number of hydrogen-bond acceptors (Lipinski definition) is 4. The molecule has 0 atom stereocenters. The minimum atomic E-state index is -0.0508. The van der Waals surface area contributed by atoms with E-state index in [1.54, 1.807) is 21.7 Å². The van der Waals surface area contributed by atoms with E-state index in [9.17, 15) is 9.59 Å². The number of carbonyl (C=O) groups is 2. The van der Waals surface area contributed by atoms with E-state index in [1.807, 2.05) is 37.3 Å². The molecule has 3 rings (SSSR count). The Bertz CT molecular complexity index is 918. The molecule has 166 valence electrons. The van der Waals surface area contributed by atoms with Crippen LogP contribution in [0.15, 0.2) is 36.4 Å². The highest BCUT2D eigenvalue weighted by molar-refractivity contribution is 6.31. The molecule has 0 unspecified atom stereocenters. The molecule has 31 heavy (non-hydrogen) atoms. The van der Waals surface area contributed by atoms with Crippen LogP contribution in [-0.2, 0) is 16.1 Å². The highest BCUT2D eigenvalue weighted by Crippen LogP contribution is 2.22. The topological polar surface area (TPSA) is 70.5 Å². The Morgan fingerprint density at radius 2 is 1.87 bits per heavy atom. The Labute approximate surface area is 188 Å². The van der Waals surface area contributed by atoms with Crippen LogP contribution < -0.4 is 5.32 Å². The summed E-state index contributed by atoms with van der Waals surface area (Å²) in [7, 11) is 0. The highest BCUT2D eigenvalue weighted by Gasteiger charge is 2.21. The van der Waals surface area contributed by atoms with Crippen molar-refractivity contribution < 1.29 is 9.59 Å². The van der Waals surface area contributed by atoms with E-state index >= 15 is 0 Å². The summed E-state index contributed by atoms with van der Waals surface area (Å²) in [6.07, 6.45) is 5.41. The van der Waals surface area contributed by atoms with E-state index in [-0.39, 0.29) is 11.8 Å². The first-order chi connectivity index (χ1) is 15.0. The number of rotatable bonds is 8. The quantitative estimate of drug-likeness (QED) is 0.634. The molecule has 0 spiro atoms. The van der Waals surface area contributed by atoms with Gasteiger partial charge in [0.2, 0.25) is 11.8 Å². The Morgan fingerprint density at radius 3 is 2.55 bits per heavy atom. The van der Waals surface area contributed by atoms with Gasteiger partial charge in [-0.05, 0) is 31.6 Å². The van der Waals surface area contributed by atoms with Crippen molar-refractivity contribution in [3.8, 4) is 0 Å². The molecule has 1 saturated heterocycles. The van der Waals surface area contributed by atoms with Crippen molar-refractivity contribution in [3.63, 3.8) is 0 Å². The molecule has 2 aromatic rings. The summed E-state index contributed by atoms with van der Waals surface area (Å²) in [6, 6.07) is 9.41. The van der Waals surface area contributed by atoms with E-state index in [1.165, 1.54) is 0 Å². The second-order valence-electron chi connectivity index (χ2n) is 7.72. The van der Waals surface area contributed by atoms with Gasteiger partial charge in [0, 0.05) is 50.1 Å². The van der Waals surface area contributed by atoms with Gasteiger partial charge in [-0.25, -0.2) is 0 Å². The molecule has 7 nitrogen and oxygen atoms in total. The van der Waals surface area contributed by atoms with E-state index in [2.05, 4.69) is 22.2 Å². The number of piperazine rings is 1. The van der Waals surface area contributed by atoms with Crippen molar-refractivity contribution in [2.24, 2.45) is 0 Å². The Kier molecular flexibility index (Phi) is 8.26.